The molecule has 104 heavy (non-hydrogen) atoms. The van der Waals surface area contributed by atoms with Gasteiger partial charge in [-0.1, -0.05) is 138 Å². The van der Waals surface area contributed by atoms with Gasteiger partial charge in [0.25, 0.3) is 35.4 Å². The SMILES string of the molecule is O=C([C@H](O)[C@@H](O)C(=O)n1ccc2cc(C#Cc3ccccc3)ccc21)N1CCC(c2cccc(Cl)c2)C1.O=C([C@H](O)[C@@H](O)C(=O)n1ccc2cc(C#Cc3ccccc3)ccc21)N1CCCC1.O=C([C@H](O)[C@@H](O)C(=O)n1ccc2cc(C#Cc3ccccc3)ccc21)N1CCCC1c1cccc(Cl)c1. The first-order valence-corrected chi connectivity index (χ1v) is 34.8. The van der Waals surface area contributed by atoms with E-state index in [9.17, 15) is 59.4 Å². The van der Waals surface area contributed by atoms with Gasteiger partial charge >= 0.3 is 0 Å². The predicted molar refractivity (Wildman–Crippen MR) is 397 cm³/mol. The van der Waals surface area contributed by atoms with Gasteiger partial charge in [0.1, 0.15) is 0 Å². The fourth-order valence-corrected chi connectivity index (χ4v) is 13.4. The summed E-state index contributed by atoms with van der Waals surface area (Å²) in [6.45, 7) is 2.31. The van der Waals surface area contributed by atoms with Crippen LogP contribution in [-0.4, -0.2) is 164 Å². The summed E-state index contributed by atoms with van der Waals surface area (Å²) in [7, 11) is 0. The molecule has 3 aliphatic rings. The number of rotatable bonds is 11. The lowest BCUT2D eigenvalue weighted by atomic mass is 9.99. The molecule has 3 fully saturated rings. The summed E-state index contributed by atoms with van der Waals surface area (Å²) in [6.07, 6.45) is -2.71. The van der Waals surface area contributed by atoms with Gasteiger partial charge in [-0.05, 0) is 177 Å². The molecule has 6 N–H and O–H groups in total. The lowest BCUT2D eigenvalue weighted by molar-refractivity contribution is -0.146. The highest BCUT2D eigenvalue weighted by atomic mass is 35.5. The first-order chi connectivity index (χ1) is 50.4. The molecule has 11 aromatic rings. The van der Waals surface area contributed by atoms with Crippen LogP contribution in [0.4, 0.5) is 0 Å². The van der Waals surface area contributed by atoms with Crippen LogP contribution in [0.5, 0.6) is 0 Å². The van der Waals surface area contributed by atoms with E-state index >= 15 is 0 Å². The molecule has 0 spiro atoms. The van der Waals surface area contributed by atoms with Gasteiger partial charge in [0, 0.05) is 117 Å². The number of carbonyl (C=O) groups excluding carboxylic acids is 6. The van der Waals surface area contributed by atoms with E-state index in [2.05, 4.69) is 35.5 Å². The maximum Gasteiger partial charge on any atom is 0.263 e. The van der Waals surface area contributed by atoms with Gasteiger partial charge in [-0.3, -0.25) is 42.5 Å². The second kappa shape index (κ2) is 33.3. The van der Waals surface area contributed by atoms with Crippen molar-refractivity contribution < 1.29 is 59.4 Å². The first kappa shape index (κ1) is 72.6. The van der Waals surface area contributed by atoms with E-state index in [1.807, 2.05) is 140 Å². The fraction of sp³-hybridized carbons (Fsp3) is 0.214. The Labute approximate surface area is 610 Å². The molecule has 6 heterocycles. The van der Waals surface area contributed by atoms with E-state index in [-0.39, 0.29) is 12.0 Å². The monoisotopic (exact) mass is 1430 g/mol. The molecular weight excluding hydrogens is 1360 g/mol. The van der Waals surface area contributed by atoms with Gasteiger partial charge in [-0.2, -0.15) is 0 Å². The molecule has 8 aromatic carbocycles. The largest absolute Gasteiger partial charge is 0.380 e. The summed E-state index contributed by atoms with van der Waals surface area (Å²) >= 11 is 12.2. The highest BCUT2D eigenvalue weighted by Crippen LogP contribution is 2.35. The van der Waals surface area contributed by atoms with Crippen molar-refractivity contribution in [3.63, 3.8) is 0 Å². The number of hydrogen-bond acceptors (Lipinski definition) is 12. The number of aliphatic hydroxyl groups is 6. The van der Waals surface area contributed by atoms with Crippen LogP contribution in [0.15, 0.2) is 231 Å². The minimum absolute atomic E-state index is 0.0790. The summed E-state index contributed by atoms with van der Waals surface area (Å²) in [5, 5.41) is 66.6. The molecule has 0 radical (unpaired) electrons. The van der Waals surface area contributed by atoms with Crippen LogP contribution in [0.25, 0.3) is 32.7 Å². The van der Waals surface area contributed by atoms with Crippen molar-refractivity contribution in [3.8, 4) is 35.5 Å². The lowest BCUT2D eigenvalue weighted by Crippen LogP contribution is -2.48. The highest BCUT2D eigenvalue weighted by molar-refractivity contribution is 6.31. The molecule has 18 nitrogen and oxygen atoms in total. The molecule has 14 rings (SSSR count). The fourth-order valence-electron chi connectivity index (χ4n) is 13.0. The summed E-state index contributed by atoms with van der Waals surface area (Å²) in [5.41, 5.74) is 8.59. The number of aromatic nitrogens is 3. The summed E-state index contributed by atoms with van der Waals surface area (Å²) in [4.78, 5) is 81.7. The second-order valence-corrected chi connectivity index (χ2v) is 26.4. The van der Waals surface area contributed by atoms with Crippen molar-refractivity contribution in [2.45, 2.75) is 80.7 Å². The van der Waals surface area contributed by atoms with Crippen molar-refractivity contribution in [3.05, 3.63) is 285 Å². The third-order valence-corrected chi connectivity index (χ3v) is 19.1. The molecule has 0 bridgehead atoms. The van der Waals surface area contributed by atoms with Crippen LogP contribution in [0.1, 0.15) is 103 Å². The molecule has 0 saturated carbocycles. The van der Waals surface area contributed by atoms with Crippen molar-refractivity contribution in [1.82, 2.24) is 28.4 Å². The van der Waals surface area contributed by atoms with Crippen molar-refractivity contribution >= 4 is 91.4 Å². The van der Waals surface area contributed by atoms with Crippen molar-refractivity contribution in [1.29, 1.82) is 0 Å². The number of halogens is 2. The Balaban J connectivity index is 0.000000148. The predicted octanol–water partition coefficient (Wildman–Crippen LogP) is 10.5. The van der Waals surface area contributed by atoms with Gasteiger partial charge in [0.2, 0.25) is 0 Å². The minimum Gasteiger partial charge on any atom is -0.380 e. The zero-order chi connectivity index (χ0) is 73.0. The second-order valence-electron chi connectivity index (χ2n) is 25.5. The van der Waals surface area contributed by atoms with Gasteiger partial charge in [0.05, 0.1) is 22.6 Å². The smallest absolute Gasteiger partial charge is 0.263 e. The zero-order valence-electron chi connectivity index (χ0n) is 56.2. The number of likely N-dealkylation sites (tertiary alicyclic amines) is 3. The highest BCUT2D eigenvalue weighted by Gasteiger charge is 2.41. The van der Waals surface area contributed by atoms with Crippen LogP contribution in [0, 0.1) is 35.5 Å². The Kier molecular flexibility index (Phi) is 23.2. The van der Waals surface area contributed by atoms with Gasteiger partial charge in [-0.15, -0.1) is 0 Å². The molecule has 8 atom stereocenters. The Morgan fingerprint density at radius 2 is 0.702 bits per heavy atom. The number of aliphatic hydroxyl groups excluding tert-OH is 6. The molecule has 0 aliphatic carbocycles. The summed E-state index contributed by atoms with van der Waals surface area (Å²) in [5.74, 6) is 14.4. The van der Waals surface area contributed by atoms with Gasteiger partial charge < -0.3 is 45.3 Å². The molecule has 20 heteroatoms. The Hall–Kier alpha value is -11.2. The first-order valence-electron chi connectivity index (χ1n) is 34.0. The van der Waals surface area contributed by atoms with E-state index in [0.29, 0.717) is 72.2 Å². The number of nitrogens with zero attached hydrogens (tertiary/aromatic N) is 6. The van der Waals surface area contributed by atoms with E-state index < -0.39 is 72.1 Å². The normalized spacial score (nSPS) is 16.4. The van der Waals surface area contributed by atoms with Gasteiger partial charge in [0.15, 0.2) is 36.6 Å². The molecule has 3 amide bonds. The van der Waals surface area contributed by atoms with Crippen LogP contribution in [0.2, 0.25) is 10.0 Å². The maximum atomic E-state index is 13.1. The maximum absolute atomic E-state index is 13.1. The van der Waals surface area contributed by atoms with E-state index in [4.69, 9.17) is 23.2 Å². The van der Waals surface area contributed by atoms with Crippen LogP contribution in [-0.2, 0) is 14.4 Å². The van der Waals surface area contributed by atoms with Crippen LogP contribution in [0.3, 0.4) is 0 Å². The van der Waals surface area contributed by atoms with Gasteiger partial charge in [-0.25, -0.2) is 0 Å². The zero-order valence-corrected chi connectivity index (χ0v) is 57.7. The van der Waals surface area contributed by atoms with Crippen LogP contribution >= 0.6 is 23.2 Å². The number of carbonyl (C=O) groups is 6. The number of amides is 3. The van der Waals surface area contributed by atoms with E-state index in [1.165, 1.54) is 47.0 Å². The number of hydrogen-bond donors (Lipinski definition) is 6. The molecule has 3 aromatic heterocycles. The van der Waals surface area contributed by atoms with E-state index in [0.717, 1.165) is 79.9 Å². The Bertz CT molecular complexity index is 5190. The molecule has 3 saturated heterocycles. The molecule has 3 aliphatic heterocycles. The number of fused-ring (bicyclic) bond motifs is 3. The Morgan fingerprint density at radius 1 is 0.337 bits per heavy atom. The average Bonchev–Trinajstić information content (AvgIpc) is 1.64. The van der Waals surface area contributed by atoms with Crippen molar-refractivity contribution in [2.75, 3.05) is 32.7 Å². The number of benzene rings is 8. The van der Waals surface area contributed by atoms with Crippen molar-refractivity contribution in [2.24, 2.45) is 0 Å². The van der Waals surface area contributed by atoms with E-state index in [1.54, 1.807) is 72.8 Å². The van der Waals surface area contributed by atoms with Crippen LogP contribution < -0.4 is 0 Å². The summed E-state index contributed by atoms with van der Waals surface area (Å²) < 4.78 is 3.77. The standard InChI is InChI=1S/2C30H25ClN2O4.C24H22N2O4/c31-24-9-4-8-22(19-24)25-10-5-16-32(25)29(36)27(34)28(35)30(37)33-17-15-23-18-21(13-14-26(23)33)12-11-20-6-2-1-3-7-20;31-25-8-4-7-22(18-25)24-13-15-32(19-24)29(36)27(34)28(35)30(37)33-16-14-23-17-21(11-12-26(23)33)10-9-20-5-2-1-3-6-20;27-21(23(29)25-13-4-5-14-25)22(28)24(30)26-15-12-19-16-18(10-11-20(19)26)9-8-17-6-2-1-3-7-17/h1-4,6-9,13-15,17-19,25,27-28,34-35H,5,10,16H2;1-8,11-12,14,16-18,24,27-28,34-35H,13,15,19H2;1-3,6-7,10-12,15-16,21-22,27-28H,4-5,13-14H2/t25?,27-,28-;24?,27-,28-;21-,22-/m111/s1. The molecule has 2 unspecified atom stereocenters. The Morgan fingerprint density at radius 3 is 1.12 bits per heavy atom. The summed E-state index contributed by atoms with van der Waals surface area (Å²) in [6, 6.07) is 64.6. The average molecular weight is 1430 g/mol. The third kappa shape index (κ3) is 17.0. The molecular formula is C84H72Cl2N6O12. The topological polar surface area (TPSA) is 248 Å². The lowest BCUT2D eigenvalue weighted by Gasteiger charge is -2.28. The third-order valence-electron chi connectivity index (χ3n) is 18.6. The quantitative estimate of drug-likeness (QED) is 0.0662. The minimum atomic E-state index is -1.92. The molecule has 524 valence electrons.